The lowest BCUT2D eigenvalue weighted by Crippen LogP contribution is -2.25. The molecular weight excluding hydrogens is 436 g/mol. The van der Waals surface area contributed by atoms with Crippen LogP contribution in [0, 0.1) is 6.92 Å². The van der Waals surface area contributed by atoms with E-state index < -0.39 is 0 Å². The quantitative estimate of drug-likeness (QED) is 0.213. The molecule has 4 rings (SSSR count). The summed E-state index contributed by atoms with van der Waals surface area (Å²) in [5, 5.41) is 0. The molecule has 36 heavy (non-hydrogen) atoms. The summed E-state index contributed by atoms with van der Waals surface area (Å²) in [7, 11) is 0. The van der Waals surface area contributed by atoms with Crippen molar-refractivity contribution in [2.24, 2.45) is 0 Å². The summed E-state index contributed by atoms with van der Waals surface area (Å²) in [6.45, 7) is 6.48. The molecule has 2 heteroatoms. The Balaban J connectivity index is 0.000000444. The molecule has 0 unspecified atom stereocenters. The highest BCUT2D eigenvalue weighted by atomic mass is 14.8. The van der Waals surface area contributed by atoms with E-state index in [9.17, 15) is 0 Å². The monoisotopic (exact) mass is 484 g/mol. The third-order valence-corrected chi connectivity index (χ3v) is 7.78. The van der Waals surface area contributed by atoms with Crippen molar-refractivity contribution in [2.45, 2.75) is 116 Å². The molecule has 194 valence electrons. The topological polar surface area (TPSA) is 25.8 Å². The number of nitrogens with zero attached hydrogens (tertiary/aromatic N) is 2. The zero-order chi connectivity index (χ0) is 25.5. The second kappa shape index (κ2) is 15.6. The SMILES string of the molecule is CCCCCCCCC1(CCCCCCCC)c2ccccc2-c2ccccc21.Cc1ncccn1. The maximum absolute atomic E-state index is 3.87. The predicted octanol–water partition coefficient (Wildman–Crippen LogP) is 10.2. The van der Waals surface area contributed by atoms with E-state index in [2.05, 4.69) is 72.3 Å². The molecule has 3 aromatic rings. The van der Waals surface area contributed by atoms with Crippen LogP contribution in [0.5, 0.6) is 0 Å². The maximum atomic E-state index is 3.87. The normalized spacial score (nSPS) is 13.0. The summed E-state index contributed by atoms with van der Waals surface area (Å²) in [5.74, 6) is 0.822. The highest BCUT2D eigenvalue weighted by Crippen LogP contribution is 2.53. The standard InChI is InChI=1S/C29H42.C5H6N2/c1-3-5-7-9-11-17-23-29(24-18-12-10-8-6-4-2)27-21-15-13-19-25(27)26-20-14-16-22-28(26)29;1-5-6-3-2-4-7-5/h13-16,19-22H,3-12,17-18,23-24H2,1-2H3;2-4H,1H3. The van der Waals surface area contributed by atoms with Gasteiger partial charge in [-0.25, -0.2) is 9.97 Å². The molecule has 0 saturated heterocycles. The van der Waals surface area contributed by atoms with Crippen molar-refractivity contribution in [1.29, 1.82) is 0 Å². The fraction of sp³-hybridized carbons (Fsp3) is 0.529. The molecule has 1 aliphatic carbocycles. The van der Waals surface area contributed by atoms with Crippen molar-refractivity contribution in [1.82, 2.24) is 9.97 Å². The van der Waals surface area contributed by atoms with Gasteiger partial charge in [0.25, 0.3) is 0 Å². The Bertz CT molecular complexity index is 931. The minimum Gasteiger partial charge on any atom is -0.242 e. The smallest absolute Gasteiger partial charge is 0.125 e. The van der Waals surface area contributed by atoms with Gasteiger partial charge in [-0.1, -0.05) is 139 Å². The van der Waals surface area contributed by atoms with Gasteiger partial charge in [0.1, 0.15) is 5.82 Å². The third kappa shape index (κ3) is 7.76. The molecule has 0 spiro atoms. The van der Waals surface area contributed by atoms with Gasteiger partial charge in [0, 0.05) is 17.8 Å². The van der Waals surface area contributed by atoms with E-state index in [-0.39, 0.29) is 5.41 Å². The molecule has 0 radical (unpaired) electrons. The van der Waals surface area contributed by atoms with E-state index in [4.69, 9.17) is 0 Å². The third-order valence-electron chi connectivity index (χ3n) is 7.78. The van der Waals surface area contributed by atoms with Crippen LogP contribution in [0.1, 0.15) is 121 Å². The van der Waals surface area contributed by atoms with Crippen LogP contribution in [0.15, 0.2) is 67.0 Å². The van der Waals surface area contributed by atoms with Crippen LogP contribution >= 0.6 is 0 Å². The van der Waals surface area contributed by atoms with Gasteiger partial charge in [0.05, 0.1) is 0 Å². The van der Waals surface area contributed by atoms with Crippen LogP contribution in [-0.4, -0.2) is 9.97 Å². The molecule has 0 aliphatic heterocycles. The van der Waals surface area contributed by atoms with E-state index in [1.807, 2.05) is 6.92 Å². The molecule has 0 atom stereocenters. The second-order valence-corrected chi connectivity index (χ2v) is 10.5. The number of hydrogen-bond acceptors (Lipinski definition) is 2. The molecular formula is C34H48N2. The van der Waals surface area contributed by atoms with E-state index >= 15 is 0 Å². The predicted molar refractivity (Wildman–Crippen MR) is 155 cm³/mol. The number of benzene rings is 2. The first-order chi connectivity index (χ1) is 17.7. The van der Waals surface area contributed by atoms with Crippen molar-refractivity contribution < 1.29 is 0 Å². The summed E-state index contributed by atoms with van der Waals surface area (Å²) < 4.78 is 0. The van der Waals surface area contributed by atoms with Crippen molar-refractivity contribution in [3.63, 3.8) is 0 Å². The molecule has 0 bridgehead atoms. The highest BCUT2D eigenvalue weighted by molar-refractivity contribution is 5.80. The van der Waals surface area contributed by atoms with Gasteiger partial charge in [0.15, 0.2) is 0 Å². The van der Waals surface area contributed by atoms with E-state index in [1.54, 1.807) is 29.6 Å². The molecule has 1 aliphatic rings. The Morgan fingerprint density at radius 1 is 0.528 bits per heavy atom. The van der Waals surface area contributed by atoms with Crippen molar-refractivity contribution >= 4 is 0 Å². The van der Waals surface area contributed by atoms with Gasteiger partial charge in [-0.05, 0) is 48.1 Å². The first-order valence-corrected chi connectivity index (χ1v) is 14.7. The highest BCUT2D eigenvalue weighted by Gasteiger charge is 2.41. The molecule has 1 heterocycles. The minimum atomic E-state index is 0.253. The maximum Gasteiger partial charge on any atom is 0.125 e. The fourth-order valence-corrected chi connectivity index (χ4v) is 5.87. The first-order valence-electron chi connectivity index (χ1n) is 14.7. The van der Waals surface area contributed by atoms with E-state index in [0.717, 1.165) is 5.82 Å². The number of hydrogen-bond donors (Lipinski definition) is 0. The molecule has 1 aromatic heterocycles. The minimum absolute atomic E-state index is 0.253. The van der Waals surface area contributed by atoms with Crippen molar-refractivity contribution in [3.05, 3.63) is 83.9 Å². The van der Waals surface area contributed by atoms with Crippen LogP contribution in [-0.2, 0) is 5.41 Å². The van der Waals surface area contributed by atoms with Crippen LogP contribution in [0.2, 0.25) is 0 Å². The summed E-state index contributed by atoms with van der Waals surface area (Å²) in [6, 6.07) is 20.4. The molecule has 0 N–H and O–H groups in total. The molecule has 0 fully saturated rings. The van der Waals surface area contributed by atoms with Gasteiger partial charge < -0.3 is 0 Å². The van der Waals surface area contributed by atoms with E-state index in [1.165, 1.54) is 101 Å². The zero-order valence-electron chi connectivity index (χ0n) is 23.1. The number of fused-ring (bicyclic) bond motifs is 3. The Morgan fingerprint density at radius 2 is 0.944 bits per heavy atom. The Morgan fingerprint density at radius 3 is 1.36 bits per heavy atom. The zero-order valence-corrected chi connectivity index (χ0v) is 23.1. The first kappa shape index (κ1) is 28.1. The van der Waals surface area contributed by atoms with Gasteiger partial charge in [-0.15, -0.1) is 0 Å². The van der Waals surface area contributed by atoms with Crippen LogP contribution in [0.3, 0.4) is 0 Å². The fourth-order valence-electron chi connectivity index (χ4n) is 5.87. The average molecular weight is 485 g/mol. The lowest BCUT2D eigenvalue weighted by Gasteiger charge is -2.33. The molecule has 2 nitrogen and oxygen atoms in total. The summed E-state index contributed by atoms with van der Waals surface area (Å²) in [6.07, 6.45) is 22.7. The summed E-state index contributed by atoms with van der Waals surface area (Å²) >= 11 is 0. The lowest BCUT2D eigenvalue weighted by atomic mass is 9.70. The van der Waals surface area contributed by atoms with Crippen LogP contribution < -0.4 is 0 Å². The number of unbranched alkanes of at least 4 members (excludes halogenated alkanes) is 10. The number of aromatic nitrogens is 2. The Kier molecular flexibility index (Phi) is 12.2. The summed E-state index contributed by atoms with van der Waals surface area (Å²) in [5.41, 5.74) is 6.48. The Hall–Kier alpha value is -2.48. The molecule has 0 saturated carbocycles. The van der Waals surface area contributed by atoms with Gasteiger partial charge >= 0.3 is 0 Å². The van der Waals surface area contributed by atoms with Gasteiger partial charge in [0.2, 0.25) is 0 Å². The van der Waals surface area contributed by atoms with Crippen molar-refractivity contribution in [2.75, 3.05) is 0 Å². The van der Waals surface area contributed by atoms with E-state index in [0.29, 0.717) is 0 Å². The van der Waals surface area contributed by atoms with Crippen LogP contribution in [0.4, 0.5) is 0 Å². The van der Waals surface area contributed by atoms with Gasteiger partial charge in [-0.2, -0.15) is 0 Å². The molecule has 0 amide bonds. The second-order valence-electron chi connectivity index (χ2n) is 10.5. The number of rotatable bonds is 14. The molecule has 2 aromatic carbocycles. The van der Waals surface area contributed by atoms with Crippen molar-refractivity contribution in [3.8, 4) is 11.1 Å². The van der Waals surface area contributed by atoms with Gasteiger partial charge in [-0.3, -0.25) is 0 Å². The Labute approximate surface area is 221 Å². The lowest BCUT2D eigenvalue weighted by molar-refractivity contribution is 0.398. The van der Waals surface area contributed by atoms with Crippen LogP contribution in [0.25, 0.3) is 11.1 Å². The summed E-state index contributed by atoms with van der Waals surface area (Å²) in [4.78, 5) is 7.74. The largest absolute Gasteiger partial charge is 0.242 e. The average Bonchev–Trinajstić information content (AvgIpc) is 3.19. The number of aryl methyl sites for hydroxylation is 1.